The van der Waals surface area contributed by atoms with Crippen LogP contribution in [0.5, 0.6) is 0 Å². The standard InChI is InChI=1S/C20H21ClN6/c1-15-3-2-4-18(13-15)26-9-11-27(12-10-26)19-14-22-25-20(24-19)23-17-7-5-16(21)6-8-17/h2-8,13-14H,9-12H2,1H3,(H,23,24,25). The summed E-state index contributed by atoms with van der Waals surface area (Å²) in [6.07, 6.45) is 1.72. The molecule has 0 bridgehead atoms. The minimum absolute atomic E-state index is 0.482. The topological polar surface area (TPSA) is 57.2 Å². The van der Waals surface area contributed by atoms with Crippen LogP contribution in [0.4, 0.5) is 23.1 Å². The van der Waals surface area contributed by atoms with Crippen LogP contribution in [0.1, 0.15) is 5.56 Å². The Bertz CT molecular complexity index is 906. The van der Waals surface area contributed by atoms with E-state index in [0.29, 0.717) is 11.0 Å². The van der Waals surface area contributed by atoms with Crippen molar-refractivity contribution in [1.82, 2.24) is 15.2 Å². The van der Waals surface area contributed by atoms with Gasteiger partial charge in [0.1, 0.15) is 0 Å². The number of nitrogens with one attached hydrogen (secondary N) is 1. The predicted octanol–water partition coefficient (Wildman–Crippen LogP) is 3.90. The minimum Gasteiger partial charge on any atom is -0.368 e. The third-order valence-electron chi connectivity index (χ3n) is 4.62. The molecule has 1 saturated heterocycles. The zero-order chi connectivity index (χ0) is 18.6. The van der Waals surface area contributed by atoms with Crippen LogP contribution in [0, 0.1) is 6.92 Å². The number of anilines is 4. The van der Waals surface area contributed by atoms with E-state index >= 15 is 0 Å². The second kappa shape index (κ2) is 7.80. The van der Waals surface area contributed by atoms with Gasteiger partial charge in [0, 0.05) is 42.6 Å². The molecule has 0 saturated carbocycles. The van der Waals surface area contributed by atoms with Gasteiger partial charge in [-0.15, -0.1) is 5.10 Å². The molecule has 0 unspecified atom stereocenters. The first-order chi connectivity index (χ1) is 13.2. The van der Waals surface area contributed by atoms with Gasteiger partial charge < -0.3 is 15.1 Å². The van der Waals surface area contributed by atoms with Crippen LogP contribution in [0.25, 0.3) is 0 Å². The molecule has 7 heteroatoms. The maximum atomic E-state index is 5.92. The lowest BCUT2D eigenvalue weighted by atomic mass is 10.2. The van der Waals surface area contributed by atoms with Crippen molar-refractivity contribution in [3.05, 3.63) is 65.3 Å². The highest BCUT2D eigenvalue weighted by molar-refractivity contribution is 6.30. The predicted molar refractivity (Wildman–Crippen MR) is 110 cm³/mol. The van der Waals surface area contributed by atoms with Crippen LogP contribution < -0.4 is 15.1 Å². The van der Waals surface area contributed by atoms with Gasteiger partial charge in [0.25, 0.3) is 0 Å². The Kier molecular flexibility index (Phi) is 5.07. The molecular weight excluding hydrogens is 360 g/mol. The normalized spacial score (nSPS) is 14.3. The van der Waals surface area contributed by atoms with Gasteiger partial charge in [-0.05, 0) is 48.9 Å². The van der Waals surface area contributed by atoms with E-state index in [2.05, 4.69) is 61.5 Å². The molecule has 1 fully saturated rings. The smallest absolute Gasteiger partial charge is 0.249 e. The summed E-state index contributed by atoms with van der Waals surface area (Å²) >= 11 is 5.92. The van der Waals surface area contributed by atoms with Crippen LogP contribution >= 0.6 is 11.6 Å². The molecule has 2 aromatic carbocycles. The van der Waals surface area contributed by atoms with Crippen molar-refractivity contribution in [1.29, 1.82) is 0 Å². The van der Waals surface area contributed by atoms with E-state index in [4.69, 9.17) is 11.6 Å². The van der Waals surface area contributed by atoms with Gasteiger partial charge in [-0.1, -0.05) is 23.7 Å². The molecule has 3 aromatic rings. The molecule has 1 aliphatic heterocycles. The van der Waals surface area contributed by atoms with Crippen molar-refractivity contribution < 1.29 is 0 Å². The average molecular weight is 381 g/mol. The maximum absolute atomic E-state index is 5.92. The van der Waals surface area contributed by atoms with Crippen LogP contribution in [0.2, 0.25) is 5.02 Å². The summed E-state index contributed by atoms with van der Waals surface area (Å²) in [7, 11) is 0. The number of aromatic nitrogens is 3. The first-order valence-corrected chi connectivity index (χ1v) is 9.34. The molecule has 27 heavy (non-hydrogen) atoms. The maximum Gasteiger partial charge on any atom is 0.249 e. The second-order valence-electron chi connectivity index (χ2n) is 6.58. The molecule has 0 amide bonds. The molecule has 0 atom stereocenters. The van der Waals surface area contributed by atoms with E-state index in [1.165, 1.54) is 11.3 Å². The average Bonchev–Trinajstić information content (AvgIpc) is 2.70. The van der Waals surface area contributed by atoms with Crippen molar-refractivity contribution in [2.75, 3.05) is 41.3 Å². The Balaban J connectivity index is 1.42. The summed E-state index contributed by atoms with van der Waals surface area (Å²) in [6, 6.07) is 16.1. The summed E-state index contributed by atoms with van der Waals surface area (Å²) in [6.45, 7) is 5.82. The molecule has 1 aliphatic rings. The number of hydrogen-bond donors (Lipinski definition) is 1. The first kappa shape index (κ1) is 17.5. The van der Waals surface area contributed by atoms with E-state index < -0.39 is 0 Å². The summed E-state index contributed by atoms with van der Waals surface area (Å²) in [5.74, 6) is 1.32. The highest BCUT2D eigenvalue weighted by Crippen LogP contribution is 2.21. The van der Waals surface area contributed by atoms with Crippen molar-refractivity contribution in [2.24, 2.45) is 0 Å². The quantitative estimate of drug-likeness (QED) is 0.740. The number of piperazine rings is 1. The Morgan fingerprint density at radius 3 is 2.44 bits per heavy atom. The fourth-order valence-corrected chi connectivity index (χ4v) is 3.31. The van der Waals surface area contributed by atoms with Gasteiger partial charge in [0.15, 0.2) is 5.82 Å². The Morgan fingerprint density at radius 2 is 1.70 bits per heavy atom. The van der Waals surface area contributed by atoms with Crippen molar-refractivity contribution in [2.45, 2.75) is 6.92 Å². The van der Waals surface area contributed by atoms with E-state index in [0.717, 1.165) is 37.7 Å². The molecule has 4 rings (SSSR count). The van der Waals surface area contributed by atoms with Crippen molar-refractivity contribution in [3.8, 4) is 0 Å². The largest absolute Gasteiger partial charge is 0.368 e. The first-order valence-electron chi connectivity index (χ1n) is 8.96. The summed E-state index contributed by atoms with van der Waals surface area (Å²) in [5.41, 5.74) is 3.44. The van der Waals surface area contributed by atoms with Gasteiger partial charge in [-0.2, -0.15) is 10.1 Å². The van der Waals surface area contributed by atoms with E-state index in [1.54, 1.807) is 6.20 Å². The lowest BCUT2D eigenvalue weighted by Gasteiger charge is -2.36. The van der Waals surface area contributed by atoms with Crippen LogP contribution in [-0.4, -0.2) is 41.4 Å². The summed E-state index contributed by atoms with van der Waals surface area (Å²) in [4.78, 5) is 9.27. The highest BCUT2D eigenvalue weighted by atomic mass is 35.5. The van der Waals surface area contributed by atoms with Gasteiger partial charge >= 0.3 is 0 Å². The molecule has 0 aliphatic carbocycles. The molecular formula is C20H21ClN6. The number of halogens is 1. The van der Waals surface area contributed by atoms with E-state index in [9.17, 15) is 0 Å². The van der Waals surface area contributed by atoms with Crippen LogP contribution in [0.15, 0.2) is 54.7 Å². The molecule has 0 radical (unpaired) electrons. The molecule has 6 nitrogen and oxygen atoms in total. The summed E-state index contributed by atoms with van der Waals surface area (Å²) in [5, 5.41) is 12.1. The zero-order valence-electron chi connectivity index (χ0n) is 15.1. The Labute approximate surface area is 163 Å². The van der Waals surface area contributed by atoms with Gasteiger partial charge in [0.05, 0.1) is 6.20 Å². The monoisotopic (exact) mass is 380 g/mol. The third kappa shape index (κ3) is 4.28. The lowest BCUT2D eigenvalue weighted by molar-refractivity contribution is 0.644. The number of hydrogen-bond acceptors (Lipinski definition) is 6. The van der Waals surface area contributed by atoms with E-state index in [1.807, 2.05) is 24.3 Å². The van der Waals surface area contributed by atoms with Crippen molar-refractivity contribution in [3.63, 3.8) is 0 Å². The van der Waals surface area contributed by atoms with Gasteiger partial charge in [-0.25, -0.2) is 0 Å². The molecule has 1 N–H and O–H groups in total. The SMILES string of the molecule is Cc1cccc(N2CCN(c3cnnc(Nc4ccc(Cl)cc4)n3)CC2)c1. The zero-order valence-corrected chi connectivity index (χ0v) is 15.9. The number of aryl methyl sites for hydroxylation is 1. The third-order valence-corrected chi connectivity index (χ3v) is 4.87. The molecule has 0 spiro atoms. The van der Waals surface area contributed by atoms with Gasteiger partial charge in [-0.3, -0.25) is 0 Å². The fourth-order valence-electron chi connectivity index (χ4n) is 3.18. The highest BCUT2D eigenvalue weighted by Gasteiger charge is 2.19. The van der Waals surface area contributed by atoms with Crippen molar-refractivity contribution >= 4 is 34.7 Å². The summed E-state index contributed by atoms with van der Waals surface area (Å²) < 4.78 is 0. The number of nitrogens with zero attached hydrogens (tertiary/aromatic N) is 5. The minimum atomic E-state index is 0.482. The second-order valence-corrected chi connectivity index (χ2v) is 7.02. The van der Waals surface area contributed by atoms with Crippen LogP contribution in [-0.2, 0) is 0 Å². The lowest BCUT2D eigenvalue weighted by Crippen LogP contribution is -2.47. The Hall–Kier alpha value is -2.86. The van der Waals surface area contributed by atoms with Gasteiger partial charge in [0.2, 0.25) is 5.95 Å². The van der Waals surface area contributed by atoms with Crippen LogP contribution in [0.3, 0.4) is 0 Å². The molecule has 2 heterocycles. The van der Waals surface area contributed by atoms with E-state index in [-0.39, 0.29) is 0 Å². The Morgan fingerprint density at radius 1 is 0.963 bits per heavy atom. The fraction of sp³-hybridized carbons (Fsp3) is 0.250. The number of rotatable bonds is 4. The molecule has 1 aromatic heterocycles. The number of benzene rings is 2. The molecule has 138 valence electrons.